The Morgan fingerprint density at radius 2 is 1.87 bits per heavy atom. The molecule has 0 saturated carbocycles. The van der Waals surface area contributed by atoms with Crippen LogP contribution in [0.25, 0.3) is 11.8 Å². The third-order valence-corrected chi connectivity index (χ3v) is 6.93. The fourth-order valence-electron chi connectivity index (χ4n) is 4.01. The monoisotopic (exact) mass is 538 g/mol. The molecule has 2 aromatic carbocycles. The molecule has 0 saturated heterocycles. The molecule has 0 aliphatic carbocycles. The van der Waals surface area contributed by atoms with E-state index >= 15 is 0 Å². The number of alkyl halides is 3. The number of anilines is 2. The molecule has 0 radical (unpaired) electrons. The number of halogens is 3. The third kappa shape index (κ3) is 5.14. The van der Waals surface area contributed by atoms with E-state index in [1.807, 2.05) is 25.3 Å². The maximum Gasteiger partial charge on any atom is 0.416 e. The van der Waals surface area contributed by atoms with Gasteiger partial charge in [0, 0.05) is 42.1 Å². The number of sulfonamides is 1. The van der Waals surface area contributed by atoms with Crippen molar-refractivity contribution in [2.24, 2.45) is 0 Å². The maximum absolute atomic E-state index is 13.8. The summed E-state index contributed by atoms with van der Waals surface area (Å²) in [7, 11) is -4.05. The topological polar surface area (TPSA) is 76.3 Å². The predicted molar refractivity (Wildman–Crippen MR) is 137 cm³/mol. The lowest BCUT2D eigenvalue weighted by atomic mass is 10.1. The Bertz CT molecular complexity index is 1700. The predicted octanol–water partition coefficient (Wildman–Crippen LogP) is 4.75. The summed E-state index contributed by atoms with van der Waals surface area (Å²) in [6, 6.07) is 12.8. The molecule has 4 aromatic rings. The lowest BCUT2D eigenvalue weighted by Crippen LogP contribution is -2.25. The highest BCUT2D eigenvalue weighted by molar-refractivity contribution is 7.92. The number of nitrogens with zero attached hydrogens (tertiary/aromatic N) is 6. The van der Waals surface area contributed by atoms with Crippen molar-refractivity contribution in [2.75, 3.05) is 10.6 Å². The number of hydrogen-bond acceptors (Lipinski definition) is 5. The van der Waals surface area contributed by atoms with Gasteiger partial charge in [-0.1, -0.05) is 6.07 Å². The summed E-state index contributed by atoms with van der Waals surface area (Å²) in [5, 5.41) is 4.22. The van der Waals surface area contributed by atoms with Crippen LogP contribution in [0.15, 0.2) is 73.6 Å². The van der Waals surface area contributed by atoms with Gasteiger partial charge >= 0.3 is 6.18 Å². The SMILES string of the molecule is Cc1ccc(N(c2cc(-n3ccnc3)cc(C(F)(F)F)c2)S(C)(=O)=O)cc1C#CN1C=Cc2ccnn2C1. The first kappa shape index (κ1) is 25.2. The van der Waals surface area contributed by atoms with Gasteiger partial charge in [-0.3, -0.25) is 4.90 Å². The van der Waals surface area contributed by atoms with E-state index in [0.717, 1.165) is 34.0 Å². The van der Waals surface area contributed by atoms with Gasteiger partial charge in [-0.2, -0.15) is 18.3 Å². The molecule has 2 aromatic heterocycles. The van der Waals surface area contributed by atoms with Gasteiger partial charge < -0.3 is 4.57 Å². The largest absolute Gasteiger partial charge is 0.416 e. The Morgan fingerprint density at radius 1 is 1.05 bits per heavy atom. The second kappa shape index (κ2) is 9.42. The lowest BCUT2D eigenvalue weighted by Gasteiger charge is -2.25. The average molecular weight is 539 g/mol. The van der Waals surface area contributed by atoms with Crippen LogP contribution in [0.3, 0.4) is 0 Å². The highest BCUT2D eigenvalue weighted by Gasteiger charge is 2.33. The van der Waals surface area contributed by atoms with E-state index in [4.69, 9.17) is 0 Å². The first-order chi connectivity index (χ1) is 18.0. The van der Waals surface area contributed by atoms with Gasteiger partial charge in [0.2, 0.25) is 10.0 Å². The van der Waals surface area contributed by atoms with Crippen LogP contribution < -0.4 is 4.31 Å². The Balaban J connectivity index is 1.57. The summed E-state index contributed by atoms with van der Waals surface area (Å²) in [6.45, 7) is 2.24. The number of aryl methyl sites for hydroxylation is 1. The van der Waals surface area contributed by atoms with E-state index in [1.165, 1.54) is 35.4 Å². The summed E-state index contributed by atoms with van der Waals surface area (Å²) < 4.78 is 71.3. The van der Waals surface area contributed by atoms with Crippen LogP contribution in [0.1, 0.15) is 22.4 Å². The molecule has 0 atom stereocenters. The minimum absolute atomic E-state index is 0.114. The molecule has 0 bridgehead atoms. The zero-order chi connectivity index (χ0) is 27.1. The van der Waals surface area contributed by atoms with Crippen LogP contribution in [-0.4, -0.2) is 38.9 Å². The summed E-state index contributed by atoms with van der Waals surface area (Å²) in [5.41, 5.74) is 1.36. The molecule has 0 fully saturated rings. The second-order valence-corrected chi connectivity index (χ2v) is 10.5. The van der Waals surface area contributed by atoms with E-state index in [0.29, 0.717) is 12.2 Å². The van der Waals surface area contributed by atoms with Crippen molar-refractivity contribution in [3.05, 3.63) is 96.0 Å². The van der Waals surface area contributed by atoms with Crippen LogP contribution in [0, 0.1) is 18.9 Å². The van der Waals surface area contributed by atoms with E-state index in [9.17, 15) is 21.6 Å². The quantitative estimate of drug-likeness (QED) is 0.351. The second-order valence-electron chi connectivity index (χ2n) is 8.65. The Morgan fingerprint density at radius 3 is 2.58 bits per heavy atom. The average Bonchev–Trinajstić information content (AvgIpc) is 3.55. The molecule has 0 spiro atoms. The van der Waals surface area contributed by atoms with Crippen LogP contribution >= 0.6 is 0 Å². The van der Waals surface area contributed by atoms with Crippen molar-refractivity contribution >= 4 is 27.5 Å². The fraction of sp³-hybridized carbons (Fsp3) is 0.154. The molecule has 1 aliphatic rings. The Hall–Kier alpha value is -4.50. The number of fused-ring (bicyclic) bond motifs is 1. The molecule has 38 heavy (non-hydrogen) atoms. The fourth-order valence-corrected chi connectivity index (χ4v) is 4.99. The van der Waals surface area contributed by atoms with Gasteiger partial charge in [0.1, 0.15) is 6.67 Å². The van der Waals surface area contributed by atoms with Crippen molar-refractivity contribution in [1.82, 2.24) is 24.2 Å². The molecule has 8 nitrogen and oxygen atoms in total. The first-order valence-electron chi connectivity index (χ1n) is 11.3. The minimum Gasteiger partial charge on any atom is -0.306 e. The van der Waals surface area contributed by atoms with Crippen molar-refractivity contribution in [3.8, 4) is 17.7 Å². The number of hydrogen-bond donors (Lipinski definition) is 0. The van der Waals surface area contributed by atoms with Crippen LogP contribution in [0.5, 0.6) is 0 Å². The molecule has 194 valence electrons. The van der Waals surface area contributed by atoms with Gasteiger partial charge in [-0.25, -0.2) is 22.4 Å². The normalized spacial score (nSPS) is 13.1. The molecular weight excluding hydrogens is 517 g/mol. The van der Waals surface area contributed by atoms with Gasteiger partial charge in [0.05, 0.1) is 35.2 Å². The highest BCUT2D eigenvalue weighted by Crippen LogP contribution is 2.37. The smallest absolute Gasteiger partial charge is 0.306 e. The molecule has 0 unspecified atom stereocenters. The lowest BCUT2D eigenvalue weighted by molar-refractivity contribution is -0.137. The van der Waals surface area contributed by atoms with Crippen molar-refractivity contribution < 1.29 is 21.6 Å². The van der Waals surface area contributed by atoms with Crippen molar-refractivity contribution in [3.63, 3.8) is 0 Å². The summed E-state index contributed by atoms with van der Waals surface area (Å²) in [6.07, 6.45) is 5.84. The molecular formula is C26H21F3N6O2S. The van der Waals surface area contributed by atoms with E-state index in [2.05, 4.69) is 22.0 Å². The first-order valence-corrected chi connectivity index (χ1v) is 13.1. The van der Waals surface area contributed by atoms with E-state index < -0.39 is 21.8 Å². The van der Waals surface area contributed by atoms with Crippen LogP contribution in [-0.2, 0) is 22.9 Å². The summed E-state index contributed by atoms with van der Waals surface area (Å²) in [5.74, 6) is 3.04. The minimum atomic E-state index is -4.70. The van der Waals surface area contributed by atoms with E-state index in [-0.39, 0.29) is 17.1 Å². The van der Waals surface area contributed by atoms with Crippen LogP contribution in [0.2, 0.25) is 0 Å². The molecule has 1 aliphatic heterocycles. The van der Waals surface area contributed by atoms with Crippen LogP contribution in [0.4, 0.5) is 24.5 Å². The molecule has 12 heteroatoms. The highest BCUT2D eigenvalue weighted by atomic mass is 32.2. The molecule has 0 N–H and O–H groups in total. The zero-order valence-electron chi connectivity index (χ0n) is 20.3. The number of rotatable bonds is 4. The molecule has 3 heterocycles. The van der Waals surface area contributed by atoms with Gasteiger partial charge in [-0.05, 0) is 60.9 Å². The third-order valence-electron chi connectivity index (χ3n) is 5.85. The Kier molecular flexibility index (Phi) is 6.24. The zero-order valence-corrected chi connectivity index (χ0v) is 21.1. The number of aromatic nitrogens is 4. The van der Waals surface area contributed by atoms with E-state index in [1.54, 1.807) is 27.9 Å². The van der Waals surface area contributed by atoms with Gasteiger partial charge in [-0.15, -0.1) is 0 Å². The Labute approximate surface area is 217 Å². The standard InChI is InChI=1S/C26H21F3N6O2S/c1-19-3-4-23(13-20(19)6-10-32-11-7-22-5-8-31-34(22)18-32)35(38(2,36)37)25-15-21(26(27,28)29)14-24(16-25)33-12-9-30-17-33/h3-5,7-9,11-17H,18H2,1-2H3. The summed E-state index contributed by atoms with van der Waals surface area (Å²) >= 11 is 0. The summed E-state index contributed by atoms with van der Waals surface area (Å²) in [4.78, 5) is 5.61. The molecule has 0 amide bonds. The number of benzene rings is 2. The maximum atomic E-state index is 13.8. The van der Waals surface area contributed by atoms with Crippen molar-refractivity contribution in [2.45, 2.75) is 19.8 Å². The number of imidazole rings is 1. The molecule has 5 rings (SSSR count). The van der Waals surface area contributed by atoms with Crippen molar-refractivity contribution in [1.29, 1.82) is 0 Å². The van der Waals surface area contributed by atoms with Gasteiger partial charge in [0.25, 0.3) is 0 Å². The van der Waals surface area contributed by atoms with Gasteiger partial charge in [0.15, 0.2) is 0 Å².